The molecular weight excluding hydrogens is 230 g/mol. The van der Waals surface area contributed by atoms with Crippen LogP contribution in [-0.2, 0) is 0 Å². The van der Waals surface area contributed by atoms with Crippen LogP contribution in [-0.4, -0.2) is 13.2 Å². The molecule has 0 atom stereocenters. The summed E-state index contributed by atoms with van der Waals surface area (Å²) in [5.41, 5.74) is 7.83. The lowest BCUT2D eigenvalue weighted by Crippen LogP contribution is -2.11. The van der Waals surface area contributed by atoms with Crippen molar-refractivity contribution < 1.29 is 4.74 Å². The molecule has 0 fully saturated rings. The molecule has 0 aliphatic heterocycles. The first kappa shape index (κ1) is 10.5. The highest BCUT2D eigenvalue weighted by molar-refractivity contribution is 9.10. The molecule has 0 aliphatic carbocycles. The quantitative estimate of drug-likeness (QED) is 0.886. The highest BCUT2D eigenvalue weighted by atomic mass is 79.9. The van der Waals surface area contributed by atoms with Crippen LogP contribution in [0, 0.1) is 13.8 Å². The van der Waals surface area contributed by atoms with Crippen molar-refractivity contribution in [2.75, 3.05) is 13.2 Å². The Bertz CT molecular complexity index is 299. The largest absolute Gasteiger partial charge is 0.491 e. The Morgan fingerprint density at radius 2 is 2.08 bits per heavy atom. The summed E-state index contributed by atoms with van der Waals surface area (Å²) in [4.78, 5) is 0. The lowest BCUT2D eigenvalue weighted by molar-refractivity contribution is 0.326. The second-order valence-corrected chi connectivity index (χ2v) is 3.75. The second kappa shape index (κ2) is 4.63. The molecule has 0 aliphatic rings. The fourth-order valence-electron chi connectivity index (χ4n) is 1.04. The average Bonchev–Trinajstić information content (AvgIpc) is 2.13. The van der Waals surface area contributed by atoms with Crippen LogP contribution in [0.15, 0.2) is 16.6 Å². The molecule has 2 N–H and O–H groups in total. The van der Waals surface area contributed by atoms with Gasteiger partial charge < -0.3 is 10.5 Å². The van der Waals surface area contributed by atoms with Crippen LogP contribution in [0.3, 0.4) is 0 Å². The fourth-order valence-corrected chi connectivity index (χ4v) is 1.60. The van der Waals surface area contributed by atoms with Gasteiger partial charge in [0.25, 0.3) is 0 Å². The van der Waals surface area contributed by atoms with Gasteiger partial charge >= 0.3 is 0 Å². The van der Waals surface area contributed by atoms with Gasteiger partial charge in [-0.15, -0.1) is 0 Å². The lowest BCUT2D eigenvalue weighted by Gasteiger charge is -2.10. The molecule has 0 amide bonds. The molecule has 0 saturated heterocycles. The van der Waals surface area contributed by atoms with Crippen LogP contribution in [0.2, 0.25) is 0 Å². The molecule has 2 nitrogen and oxygen atoms in total. The minimum absolute atomic E-state index is 0.541. The van der Waals surface area contributed by atoms with E-state index in [4.69, 9.17) is 10.5 Å². The highest BCUT2D eigenvalue weighted by Gasteiger charge is 2.05. The summed E-state index contributed by atoms with van der Waals surface area (Å²) >= 11 is 3.50. The van der Waals surface area contributed by atoms with E-state index in [0.717, 1.165) is 10.2 Å². The van der Waals surface area contributed by atoms with Crippen LogP contribution in [0.1, 0.15) is 11.1 Å². The van der Waals surface area contributed by atoms with Crippen molar-refractivity contribution in [2.45, 2.75) is 13.8 Å². The van der Waals surface area contributed by atoms with Gasteiger partial charge in [-0.25, -0.2) is 0 Å². The van der Waals surface area contributed by atoms with Gasteiger partial charge in [-0.05, 0) is 47.0 Å². The van der Waals surface area contributed by atoms with E-state index in [9.17, 15) is 0 Å². The van der Waals surface area contributed by atoms with E-state index < -0.39 is 0 Å². The van der Waals surface area contributed by atoms with Crippen molar-refractivity contribution in [3.8, 4) is 5.75 Å². The topological polar surface area (TPSA) is 35.2 Å². The monoisotopic (exact) mass is 243 g/mol. The molecule has 0 radical (unpaired) electrons. The molecular formula is C10H14BrNO. The molecule has 0 aromatic heterocycles. The zero-order valence-electron chi connectivity index (χ0n) is 7.93. The van der Waals surface area contributed by atoms with Gasteiger partial charge in [0.05, 0.1) is 4.47 Å². The van der Waals surface area contributed by atoms with E-state index >= 15 is 0 Å². The summed E-state index contributed by atoms with van der Waals surface area (Å²) in [5, 5.41) is 0. The number of benzene rings is 1. The third-order valence-electron chi connectivity index (χ3n) is 2.00. The maximum Gasteiger partial charge on any atom is 0.133 e. The van der Waals surface area contributed by atoms with Gasteiger partial charge in [-0.3, -0.25) is 0 Å². The molecule has 0 bridgehead atoms. The Hall–Kier alpha value is -0.540. The first-order valence-corrected chi connectivity index (χ1v) is 5.04. The van der Waals surface area contributed by atoms with E-state index in [0.29, 0.717) is 13.2 Å². The van der Waals surface area contributed by atoms with Gasteiger partial charge in [0, 0.05) is 6.54 Å². The van der Waals surface area contributed by atoms with Gasteiger partial charge in [0.15, 0.2) is 0 Å². The summed E-state index contributed by atoms with van der Waals surface area (Å²) in [6, 6.07) is 4.01. The smallest absolute Gasteiger partial charge is 0.133 e. The number of hydrogen-bond acceptors (Lipinski definition) is 2. The first-order chi connectivity index (χ1) is 6.16. The predicted molar refractivity (Wildman–Crippen MR) is 58.2 cm³/mol. The number of aryl methyl sites for hydroxylation is 1. The molecule has 1 aromatic carbocycles. The number of hydrogen-bond donors (Lipinski definition) is 1. The Morgan fingerprint density at radius 1 is 1.38 bits per heavy atom. The Labute approximate surface area is 87.2 Å². The summed E-state index contributed by atoms with van der Waals surface area (Å²) in [7, 11) is 0. The lowest BCUT2D eigenvalue weighted by atomic mass is 10.1. The van der Waals surface area contributed by atoms with Crippen LogP contribution in [0.5, 0.6) is 5.75 Å². The summed E-state index contributed by atoms with van der Waals surface area (Å²) in [6.45, 7) is 5.24. The normalized spacial score (nSPS) is 10.2. The van der Waals surface area contributed by atoms with E-state index in [-0.39, 0.29) is 0 Å². The average molecular weight is 244 g/mol. The van der Waals surface area contributed by atoms with E-state index in [1.807, 2.05) is 12.1 Å². The van der Waals surface area contributed by atoms with Crippen molar-refractivity contribution in [1.29, 1.82) is 0 Å². The standard InChI is InChI=1S/C10H14BrNO/c1-7-3-4-9(13-6-5-12)10(11)8(7)2/h3-4H,5-6,12H2,1-2H3. The van der Waals surface area contributed by atoms with Crippen molar-refractivity contribution in [1.82, 2.24) is 0 Å². The minimum atomic E-state index is 0.541. The van der Waals surface area contributed by atoms with E-state index in [1.165, 1.54) is 11.1 Å². The molecule has 0 spiro atoms. The maximum absolute atomic E-state index is 5.45. The molecule has 13 heavy (non-hydrogen) atoms. The van der Waals surface area contributed by atoms with Crippen molar-refractivity contribution in [3.63, 3.8) is 0 Å². The van der Waals surface area contributed by atoms with Gasteiger partial charge in [-0.2, -0.15) is 0 Å². The zero-order chi connectivity index (χ0) is 9.84. The summed E-state index contributed by atoms with van der Waals surface area (Å²) in [6.07, 6.45) is 0. The molecule has 1 rings (SSSR count). The van der Waals surface area contributed by atoms with Crippen molar-refractivity contribution >= 4 is 15.9 Å². The van der Waals surface area contributed by atoms with Crippen LogP contribution in [0.4, 0.5) is 0 Å². The van der Waals surface area contributed by atoms with Crippen LogP contribution >= 0.6 is 15.9 Å². The van der Waals surface area contributed by atoms with E-state index in [1.54, 1.807) is 0 Å². The number of halogens is 1. The molecule has 0 saturated carbocycles. The molecule has 0 unspecified atom stereocenters. The van der Waals surface area contributed by atoms with Crippen molar-refractivity contribution in [2.24, 2.45) is 5.73 Å². The van der Waals surface area contributed by atoms with Crippen molar-refractivity contribution in [3.05, 3.63) is 27.7 Å². The Kier molecular flexibility index (Phi) is 3.75. The number of ether oxygens (including phenoxy) is 1. The first-order valence-electron chi connectivity index (χ1n) is 4.25. The predicted octanol–water partition coefficient (Wildman–Crippen LogP) is 2.40. The van der Waals surface area contributed by atoms with Crippen LogP contribution in [0.25, 0.3) is 0 Å². The van der Waals surface area contributed by atoms with Gasteiger partial charge in [-0.1, -0.05) is 6.07 Å². The van der Waals surface area contributed by atoms with Gasteiger partial charge in [0.1, 0.15) is 12.4 Å². The molecule has 1 aromatic rings. The number of nitrogens with two attached hydrogens (primary N) is 1. The third-order valence-corrected chi connectivity index (χ3v) is 2.98. The summed E-state index contributed by atoms with van der Waals surface area (Å²) < 4.78 is 6.48. The van der Waals surface area contributed by atoms with E-state index in [2.05, 4.69) is 29.8 Å². The molecule has 3 heteroatoms. The third kappa shape index (κ3) is 2.45. The fraction of sp³-hybridized carbons (Fsp3) is 0.400. The summed E-state index contributed by atoms with van der Waals surface area (Å²) in [5.74, 6) is 0.869. The number of rotatable bonds is 3. The molecule has 72 valence electrons. The Balaban J connectivity index is 2.90. The minimum Gasteiger partial charge on any atom is -0.491 e. The molecule has 0 heterocycles. The maximum atomic E-state index is 5.45. The highest BCUT2D eigenvalue weighted by Crippen LogP contribution is 2.30. The zero-order valence-corrected chi connectivity index (χ0v) is 9.52. The Morgan fingerprint density at radius 3 is 2.69 bits per heavy atom. The SMILES string of the molecule is Cc1ccc(OCCN)c(Br)c1C. The van der Waals surface area contributed by atoms with Gasteiger partial charge in [0.2, 0.25) is 0 Å². The second-order valence-electron chi connectivity index (χ2n) is 2.96. The van der Waals surface area contributed by atoms with Crippen LogP contribution < -0.4 is 10.5 Å².